The van der Waals surface area contributed by atoms with Gasteiger partial charge in [-0.1, -0.05) is 18.2 Å². The van der Waals surface area contributed by atoms with Crippen molar-refractivity contribution in [3.05, 3.63) is 65.0 Å². The van der Waals surface area contributed by atoms with Crippen LogP contribution in [0.5, 0.6) is 0 Å². The van der Waals surface area contributed by atoms with Crippen LogP contribution in [-0.2, 0) is 6.54 Å². The number of amides is 1. The molecule has 2 aliphatic heterocycles. The van der Waals surface area contributed by atoms with Gasteiger partial charge in [-0.25, -0.2) is 0 Å². The molecule has 0 radical (unpaired) electrons. The van der Waals surface area contributed by atoms with Gasteiger partial charge in [0.15, 0.2) is 0 Å². The van der Waals surface area contributed by atoms with Gasteiger partial charge < -0.3 is 4.90 Å². The highest BCUT2D eigenvalue weighted by Gasteiger charge is 2.53. The molecule has 0 unspecified atom stereocenters. The first-order valence-electron chi connectivity index (χ1n) is 12.1. The van der Waals surface area contributed by atoms with E-state index < -0.39 is 0 Å². The highest BCUT2D eigenvalue weighted by Crippen LogP contribution is 2.47. The van der Waals surface area contributed by atoms with Gasteiger partial charge in [0.2, 0.25) is 0 Å². The predicted octanol–water partition coefficient (Wildman–Crippen LogP) is 4.04. The van der Waals surface area contributed by atoms with Gasteiger partial charge in [-0.05, 0) is 75.3 Å². The summed E-state index contributed by atoms with van der Waals surface area (Å²) in [6.07, 6.45) is 8.54. The molecule has 1 aromatic carbocycles. The van der Waals surface area contributed by atoms with E-state index in [-0.39, 0.29) is 11.4 Å². The van der Waals surface area contributed by atoms with Gasteiger partial charge in [-0.15, -0.1) is 0 Å². The molecule has 0 N–H and O–H groups in total. The lowest BCUT2D eigenvalue weighted by Gasteiger charge is -2.52. The summed E-state index contributed by atoms with van der Waals surface area (Å²) in [5, 5.41) is 0. The summed E-state index contributed by atoms with van der Waals surface area (Å²) in [6, 6.07) is 10.4. The van der Waals surface area contributed by atoms with E-state index in [1.807, 2.05) is 18.5 Å². The molecule has 1 amide bonds. The van der Waals surface area contributed by atoms with Crippen molar-refractivity contribution < 1.29 is 4.79 Å². The number of carbonyl (C=O) groups excluding carboxylic acids is 1. The smallest absolute Gasteiger partial charge is 0.254 e. The summed E-state index contributed by atoms with van der Waals surface area (Å²) in [5.74, 6) is 0.212. The van der Waals surface area contributed by atoms with Crippen molar-refractivity contribution in [2.24, 2.45) is 0 Å². The van der Waals surface area contributed by atoms with Crippen LogP contribution in [0.2, 0.25) is 0 Å². The minimum atomic E-state index is 0.190. The lowest BCUT2D eigenvalue weighted by molar-refractivity contribution is -0.0314. The number of carbonyl (C=O) groups is 1. The van der Waals surface area contributed by atoms with Crippen LogP contribution in [0, 0.1) is 13.8 Å². The fourth-order valence-electron chi connectivity index (χ4n) is 5.87. The number of aryl methyl sites for hydroxylation is 2. The Hall–Kier alpha value is -2.24. The Morgan fingerprint density at radius 3 is 2.22 bits per heavy atom. The SMILES string of the molecule is Cc1cccc(C)c1C(=O)N1CCC(C)(N2CCN(Cc3ccncc3)C3(CC3)C2)CC1. The second kappa shape index (κ2) is 8.27. The number of pyridine rings is 1. The van der Waals surface area contributed by atoms with Crippen molar-refractivity contribution in [3.63, 3.8) is 0 Å². The van der Waals surface area contributed by atoms with Crippen LogP contribution in [-0.4, -0.2) is 69.4 Å². The van der Waals surface area contributed by atoms with Gasteiger partial charge in [0.25, 0.3) is 5.91 Å². The summed E-state index contributed by atoms with van der Waals surface area (Å²) in [7, 11) is 0. The number of nitrogens with zero attached hydrogens (tertiary/aromatic N) is 4. The minimum absolute atomic E-state index is 0.190. The zero-order valence-electron chi connectivity index (χ0n) is 19.8. The lowest BCUT2D eigenvalue weighted by Crippen LogP contribution is -2.63. The Morgan fingerprint density at radius 1 is 0.938 bits per heavy atom. The number of rotatable bonds is 4. The molecule has 1 aliphatic carbocycles. The van der Waals surface area contributed by atoms with Crippen LogP contribution >= 0.6 is 0 Å². The van der Waals surface area contributed by atoms with Crippen molar-refractivity contribution in [2.45, 2.75) is 64.1 Å². The largest absolute Gasteiger partial charge is 0.338 e. The third kappa shape index (κ3) is 3.97. The molecule has 3 heterocycles. The Morgan fingerprint density at radius 2 is 1.59 bits per heavy atom. The first kappa shape index (κ1) is 21.6. The van der Waals surface area contributed by atoms with Crippen molar-refractivity contribution >= 4 is 5.91 Å². The van der Waals surface area contributed by atoms with Gasteiger partial charge in [-0.3, -0.25) is 19.6 Å². The number of aromatic nitrogens is 1. The van der Waals surface area contributed by atoms with E-state index in [1.54, 1.807) is 0 Å². The molecule has 3 fully saturated rings. The molecule has 1 spiro atoms. The van der Waals surface area contributed by atoms with Gasteiger partial charge >= 0.3 is 0 Å². The predicted molar refractivity (Wildman–Crippen MR) is 128 cm³/mol. The molecule has 5 rings (SSSR count). The highest BCUT2D eigenvalue weighted by molar-refractivity contribution is 5.97. The van der Waals surface area contributed by atoms with E-state index >= 15 is 0 Å². The molecule has 170 valence electrons. The maximum atomic E-state index is 13.3. The van der Waals surface area contributed by atoms with E-state index in [2.05, 4.69) is 64.7 Å². The molecule has 2 aromatic rings. The third-order valence-corrected chi connectivity index (χ3v) is 8.33. The first-order chi connectivity index (χ1) is 15.4. The van der Waals surface area contributed by atoms with Crippen LogP contribution in [0.15, 0.2) is 42.7 Å². The molecule has 0 bridgehead atoms. The number of likely N-dealkylation sites (tertiary alicyclic amines) is 1. The Balaban J connectivity index is 1.22. The average molecular weight is 433 g/mol. The zero-order chi connectivity index (χ0) is 22.3. The van der Waals surface area contributed by atoms with E-state index in [4.69, 9.17) is 0 Å². The number of piperidine rings is 1. The fourth-order valence-corrected chi connectivity index (χ4v) is 5.87. The van der Waals surface area contributed by atoms with Crippen molar-refractivity contribution in [1.29, 1.82) is 0 Å². The van der Waals surface area contributed by atoms with Crippen LogP contribution in [0.4, 0.5) is 0 Å². The molecule has 5 nitrogen and oxygen atoms in total. The summed E-state index contributed by atoms with van der Waals surface area (Å²) in [6.45, 7) is 12.7. The lowest BCUT2D eigenvalue weighted by atomic mass is 9.85. The quantitative estimate of drug-likeness (QED) is 0.731. The van der Waals surface area contributed by atoms with Crippen LogP contribution in [0.1, 0.15) is 59.7 Å². The normalized spacial score (nSPS) is 22.8. The van der Waals surface area contributed by atoms with Crippen molar-refractivity contribution in [3.8, 4) is 0 Å². The van der Waals surface area contributed by atoms with Gasteiger partial charge in [-0.2, -0.15) is 0 Å². The molecular weight excluding hydrogens is 396 g/mol. The first-order valence-corrected chi connectivity index (χ1v) is 12.1. The molecule has 5 heteroatoms. The highest BCUT2D eigenvalue weighted by atomic mass is 16.2. The van der Waals surface area contributed by atoms with E-state index in [1.165, 1.54) is 24.9 Å². The fraction of sp³-hybridized carbons (Fsp3) is 0.556. The van der Waals surface area contributed by atoms with E-state index in [0.717, 1.165) is 62.3 Å². The summed E-state index contributed by atoms with van der Waals surface area (Å²) < 4.78 is 0. The van der Waals surface area contributed by atoms with Crippen LogP contribution in [0.3, 0.4) is 0 Å². The summed E-state index contributed by atoms with van der Waals surface area (Å²) in [5.41, 5.74) is 4.99. The molecule has 1 aromatic heterocycles. The number of hydrogen-bond donors (Lipinski definition) is 0. The number of benzene rings is 1. The van der Waals surface area contributed by atoms with E-state index in [9.17, 15) is 4.79 Å². The van der Waals surface area contributed by atoms with Gasteiger partial charge in [0.1, 0.15) is 0 Å². The number of hydrogen-bond acceptors (Lipinski definition) is 4. The molecular formula is C27H36N4O. The third-order valence-electron chi connectivity index (χ3n) is 8.33. The maximum absolute atomic E-state index is 13.3. The zero-order valence-corrected chi connectivity index (χ0v) is 19.8. The number of piperazine rings is 1. The van der Waals surface area contributed by atoms with Gasteiger partial charge in [0.05, 0.1) is 0 Å². The minimum Gasteiger partial charge on any atom is -0.338 e. The molecule has 3 aliphatic rings. The van der Waals surface area contributed by atoms with Gasteiger partial charge in [0, 0.05) is 68.3 Å². The van der Waals surface area contributed by atoms with E-state index in [0.29, 0.717) is 5.54 Å². The monoisotopic (exact) mass is 432 g/mol. The van der Waals surface area contributed by atoms with Crippen LogP contribution < -0.4 is 0 Å². The second-order valence-electron chi connectivity index (χ2n) is 10.5. The Bertz CT molecular complexity index is 956. The van der Waals surface area contributed by atoms with Crippen LogP contribution in [0.25, 0.3) is 0 Å². The average Bonchev–Trinajstić information content (AvgIpc) is 3.56. The molecule has 2 saturated heterocycles. The molecule has 32 heavy (non-hydrogen) atoms. The standard InChI is InChI=1S/C27H36N4O/c1-21-5-4-6-22(2)24(21)25(32)29-15-11-26(3,12-16-29)31-18-17-30(27(20-31)9-10-27)19-23-7-13-28-14-8-23/h4-8,13-14H,9-12,15-20H2,1-3H3. The van der Waals surface area contributed by atoms with Crippen molar-refractivity contribution in [2.75, 3.05) is 32.7 Å². The Kier molecular flexibility index (Phi) is 5.58. The molecule has 1 saturated carbocycles. The summed E-state index contributed by atoms with van der Waals surface area (Å²) in [4.78, 5) is 25.0. The Labute approximate surface area is 192 Å². The molecule has 0 atom stereocenters. The second-order valence-corrected chi connectivity index (χ2v) is 10.5. The topological polar surface area (TPSA) is 39.7 Å². The maximum Gasteiger partial charge on any atom is 0.254 e. The van der Waals surface area contributed by atoms with Crippen molar-refractivity contribution in [1.82, 2.24) is 19.7 Å². The summed E-state index contributed by atoms with van der Waals surface area (Å²) >= 11 is 0.